The van der Waals surface area contributed by atoms with Crippen LogP contribution in [-0.4, -0.2) is 28.8 Å². The van der Waals surface area contributed by atoms with E-state index in [1.54, 1.807) is 6.92 Å². The molecule has 14 heavy (non-hydrogen) atoms. The van der Waals surface area contributed by atoms with Gasteiger partial charge in [-0.25, -0.2) is 0 Å². The molecule has 74 valence electrons. The molecule has 1 saturated heterocycles. The van der Waals surface area contributed by atoms with E-state index in [-0.39, 0.29) is 23.9 Å². The van der Waals surface area contributed by atoms with Crippen LogP contribution in [-0.2, 0) is 4.79 Å². The van der Waals surface area contributed by atoms with E-state index in [1.165, 1.54) is 4.90 Å². The first-order valence-corrected chi connectivity index (χ1v) is 4.97. The summed E-state index contributed by atoms with van der Waals surface area (Å²) >= 11 is 5.47. The third-order valence-electron chi connectivity index (χ3n) is 2.25. The van der Waals surface area contributed by atoms with Crippen molar-refractivity contribution in [3.63, 3.8) is 0 Å². The Morgan fingerprint density at radius 3 is 2.71 bits per heavy atom. The quantitative estimate of drug-likeness (QED) is 0.481. The van der Waals surface area contributed by atoms with E-state index in [1.807, 2.05) is 0 Å². The van der Waals surface area contributed by atoms with Gasteiger partial charge in [-0.15, -0.1) is 17.5 Å². The average Bonchev–Trinajstić information content (AvgIpc) is 2.60. The van der Waals surface area contributed by atoms with Crippen LogP contribution in [0, 0.1) is 23.2 Å². The number of amides is 1. The second kappa shape index (κ2) is 4.88. The molecule has 0 aromatic heterocycles. The highest BCUT2D eigenvalue weighted by atomic mass is 35.5. The standard InChI is InChI=1S/C10H11ClN2O/c1-2-3-8-4-5-9(7-12)13(8)10(14)6-11/h8-9H,4-6H2,1H3. The zero-order valence-electron chi connectivity index (χ0n) is 7.96. The van der Waals surface area contributed by atoms with Crippen molar-refractivity contribution in [3.05, 3.63) is 0 Å². The lowest BCUT2D eigenvalue weighted by atomic mass is 10.2. The maximum absolute atomic E-state index is 11.4. The molecule has 1 aliphatic rings. The summed E-state index contributed by atoms with van der Waals surface area (Å²) in [6.45, 7) is 1.73. The Morgan fingerprint density at radius 2 is 2.21 bits per heavy atom. The molecule has 1 heterocycles. The first kappa shape index (κ1) is 10.9. The third-order valence-corrected chi connectivity index (χ3v) is 2.48. The molecule has 1 aliphatic heterocycles. The van der Waals surface area contributed by atoms with Gasteiger partial charge < -0.3 is 4.90 Å². The molecule has 4 heteroatoms. The first-order chi connectivity index (χ1) is 6.74. The fourth-order valence-electron chi connectivity index (χ4n) is 1.66. The van der Waals surface area contributed by atoms with Crippen molar-refractivity contribution in [2.75, 3.05) is 5.88 Å². The number of rotatable bonds is 1. The molecule has 0 saturated carbocycles. The van der Waals surface area contributed by atoms with Gasteiger partial charge in [0.25, 0.3) is 0 Å². The number of alkyl halides is 1. The van der Waals surface area contributed by atoms with Crippen LogP contribution >= 0.6 is 11.6 Å². The summed E-state index contributed by atoms with van der Waals surface area (Å²) in [5.41, 5.74) is 0. The van der Waals surface area contributed by atoms with Gasteiger partial charge >= 0.3 is 0 Å². The molecule has 0 bridgehead atoms. The van der Waals surface area contributed by atoms with Crippen LogP contribution in [0.5, 0.6) is 0 Å². The van der Waals surface area contributed by atoms with E-state index in [9.17, 15) is 4.79 Å². The summed E-state index contributed by atoms with van der Waals surface area (Å²) in [5.74, 6) is 5.40. The normalized spacial score (nSPS) is 25.1. The van der Waals surface area contributed by atoms with E-state index in [0.29, 0.717) is 6.42 Å². The molecule has 1 amide bonds. The largest absolute Gasteiger partial charge is 0.312 e. The van der Waals surface area contributed by atoms with E-state index in [4.69, 9.17) is 16.9 Å². The maximum Gasteiger partial charge on any atom is 0.239 e. The van der Waals surface area contributed by atoms with Crippen molar-refractivity contribution in [3.8, 4) is 17.9 Å². The summed E-state index contributed by atoms with van der Waals surface area (Å²) in [4.78, 5) is 12.9. The van der Waals surface area contributed by atoms with Gasteiger partial charge in [-0.3, -0.25) is 4.79 Å². The van der Waals surface area contributed by atoms with Gasteiger partial charge in [0, 0.05) is 0 Å². The van der Waals surface area contributed by atoms with Gasteiger partial charge in [0.1, 0.15) is 11.9 Å². The molecule has 0 aromatic carbocycles. The Kier molecular flexibility index (Phi) is 3.80. The molecule has 3 nitrogen and oxygen atoms in total. The minimum Gasteiger partial charge on any atom is -0.312 e. The number of nitriles is 1. The molecule has 1 fully saturated rings. The number of nitrogens with zero attached hydrogens (tertiary/aromatic N) is 2. The van der Waals surface area contributed by atoms with Crippen molar-refractivity contribution in [1.29, 1.82) is 5.26 Å². The van der Waals surface area contributed by atoms with E-state index < -0.39 is 0 Å². The molecule has 0 N–H and O–H groups in total. The molecular formula is C10H11ClN2O. The van der Waals surface area contributed by atoms with E-state index in [0.717, 1.165) is 6.42 Å². The fourth-order valence-corrected chi connectivity index (χ4v) is 1.80. The third kappa shape index (κ3) is 2.00. The number of likely N-dealkylation sites (tertiary alicyclic amines) is 1. The molecule has 0 radical (unpaired) electrons. The number of halogens is 1. The number of carbonyl (C=O) groups excluding carboxylic acids is 1. The van der Waals surface area contributed by atoms with E-state index in [2.05, 4.69) is 17.9 Å². The zero-order chi connectivity index (χ0) is 10.6. The lowest BCUT2D eigenvalue weighted by Gasteiger charge is -2.22. The highest BCUT2D eigenvalue weighted by Gasteiger charge is 2.35. The first-order valence-electron chi connectivity index (χ1n) is 4.43. The van der Waals surface area contributed by atoms with Gasteiger partial charge in [-0.1, -0.05) is 5.92 Å². The second-order valence-electron chi connectivity index (χ2n) is 3.07. The van der Waals surface area contributed by atoms with Crippen LogP contribution in [0.25, 0.3) is 0 Å². The summed E-state index contributed by atoms with van der Waals surface area (Å²) in [6.07, 6.45) is 1.46. The van der Waals surface area contributed by atoms with Crippen LogP contribution in [0.1, 0.15) is 19.8 Å². The summed E-state index contributed by atoms with van der Waals surface area (Å²) < 4.78 is 0. The molecule has 2 atom stereocenters. The van der Waals surface area contributed by atoms with Crippen LogP contribution in [0.15, 0.2) is 0 Å². The Hall–Kier alpha value is -1.19. The summed E-state index contributed by atoms with van der Waals surface area (Å²) in [6, 6.07) is 1.61. The van der Waals surface area contributed by atoms with Gasteiger partial charge in [0.05, 0.1) is 12.1 Å². The highest BCUT2D eigenvalue weighted by Crippen LogP contribution is 2.23. The van der Waals surface area contributed by atoms with Crippen LogP contribution in [0.4, 0.5) is 0 Å². The van der Waals surface area contributed by atoms with Crippen LogP contribution < -0.4 is 0 Å². The molecule has 0 aromatic rings. The Morgan fingerprint density at radius 1 is 1.57 bits per heavy atom. The van der Waals surface area contributed by atoms with Crippen molar-refractivity contribution in [2.24, 2.45) is 0 Å². The van der Waals surface area contributed by atoms with Gasteiger partial charge in [-0.05, 0) is 19.8 Å². The minimum atomic E-state index is -0.355. The number of carbonyl (C=O) groups is 1. The van der Waals surface area contributed by atoms with Crippen molar-refractivity contribution >= 4 is 17.5 Å². The van der Waals surface area contributed by atoms with Crippen molar-refractivity contribution in [2.45, 2.75) is 31.8 Å². The molecule has 1 rings (SSSR count). The Labute approximate surface area is 88.6 Å². The number of hydrogen-bond acceptors (Lipinski definition) is 2. The molecular weight excluding hydrogens is 200 g/mol. The average molecular weight is 211 g/mol. The van der Waals surface area contributed by atoms with Gasteiger partial charge in [-0.2, -0.15) is 5.26 Å². The number of hydrogen-bond donors (Lipinski definition) is 0. The van der Waals surface area contributed by atoms with Crippen molar-refractivity contribution < 1.29 is 4.79 Å². The van der Waals surface area contributed by atoms with Crippen molar-refractivity contribution in [1.82, 2.24) is 4.90 Å². The summed E-state index contributed by atoms with van der Waals surface area (Å²) in [7, 11) is 0. The Balaban J connectivity index is 2.85. The monoisotopic (exact) mass is 210 g/mol. The highest BCUT2D eigenvalue weighted by molar-refractivity contribution is 6.27. The maximum atomic E-state index is 11.4. The van der Waals surface area contributed by atoms with Crippen LogP contribution in [0.2, 0.25) is 0 Å². The van der Waals surface area contributed by atoms with Crippen LogP contribution in [0.3, 0.4) is 0 Å². The predicted octanol–water partition coefficient (Wildman–Crippen LogP) is 1.13. The van der Waals surface area contributed by atoms with E-state index >= 15 is 0 Å². The SMILES string of the molecule is CC#CC1CCC(C#N)N1C(=O)CCl. The predicted molar refractivity (Wildman–Crippen MR) is 53.4 cm³/mol. The second-order valence-corrected chi connectivity index (χ2v) is 3.33. The molecule has 2 unspecified atom stereocenters. The van der Waals surface area contributed by atoms with Gasteiger partial charge in [0.15, 0.2) is 0 Å². The van der Waals surface area contributed by atoms with Gasteiger partial charge in [0.2, 0.25) is 5.91 Å². The molecule has 0 spiro atoms. The molecule has 0 aliphatic carbocycles. The Bertz CT molecular complexity index is 323. The lowest BCUT2D eigenvalue weighted by molar-refractivity contribution is -0.129. The lowest BCUT2D eigenvalue weighted by Crippen LogP contribution is -2.40. The smallest absolute Gasteiger partial charge is 0.239 e. The minimum absolute atomic E-state index is 0.0833. The topological polar surface area (TPSA) is 44.1 Å². The zero-order valence-corrected chi connectivity index (χ0v) is 8.71. The fraction of sp³-hybridized carbons (Fsp3) is 0.600. The summed E-state index contributed by atoms with van der Waals surface area (Å²) in [5, 5.41) is 8.83.